The van der Waals surface area contributed by atoms with Gasteiger partial charge in [-0.25, -0.2) is 9.37 Å². The van der Waals surface area contributed by atoms with Crippen molar-refractivity contribution in [3.8, 4) is 5.75 Å². The Morgan fingerprint density at radius 3 is 2.75 bits per heavy atom. The number of halogens is 1. The lowest BCUT2D eigenvalue weighted by Gasteiger charge is -2.05. The van der Waals surface area contributed by atoms with Gasteiger partial charge in [-0.1, -0.05) is 12.1 Å². The van der Waals surface area contributed by atoms with Gasteiger partial charge in [0, 0.05) is 12.4 Å². The van der Waals surface area contributed by atoms with E-state index in [9.17, 15) is 9.18 Å². The number of ether oxygens (including phenoxy) is 1. The van der Waals surface area contributed by atoms with Crippen LogP contribution >= 0.6 is 0 Å². The summed E-state index contributed by atoms with van der Waals surface area (Å²) in [6.45, 7) is 2.84. The monoisotopic (exact) mass is 327 g/mol. The highest BCUT2D eigenvalue weighted by Crippen LogP contribution is 2.12. The Morgan fingerprint density at radius 2 is 2.00 bits per heavy atom. The minimum Gasteiger partial charge on any atom is -0.494 e. The Hall–Kier alpha value is -2.89. The standard InChI is InChI=1S/C18H18FN3O2/c1-2-24-16-6-3-13(4-7-16)9-18(23)20-10-15-12-22-11-14(19)5-8-17(22)21-15/h3-8,11-12H,2,9-10H2,1H3,(H,20,23). The molecule has 0 radical (unpaired) electrons. The maximum absolute atomic E-state index is 13.2. The van der Waals surface area contributed by atoms with Crippen molar-refractivity contribution in [1.29, 1.82) is 0 Å². The summed E-state index contributed by atoms with van der Waals surface area (Å²) < 4.78 is 20.1. The molecule has 2 aromatic heterocycles. The van der Waals surface area contributed by atoms with E-state index in [1.54, 1.807) is 16.7 Å². The van der Waals surface area contributed by atoms with Crippen molar-refractivity contribution >= 4 is 11.6 Å². The van der Waals surface area contributed by atoms with Crippen LogP contribution in [0.2, 0.25) is 0 Å². The zero-order valence-corrected chi connectivity index (χ0v) is 13.3. The van der Waals surface area contributed by atoms with E-state index in [4.69, 9.17) is 4.74 Å². The van der Waals surface area contributed by atoms with Gasteiger partial charge in [0.15, 0.2) is 0 Å². The van der Waals surface area contributed by atoms with Crippen molar-refractivity contribution in [2.24, 2.45) is 0 Å². The normalized spacial score (nSPS) is 10.8. The number of nitrogens with one attached hydrogen (secondary N) is 1. The second-order valence-electron chi connectivity index (χ2n) is 5.38. The predicted octanol–water partition coefficient (Wildman–Crippen LogP) is 2.73. The fourth-order valence-electron chi connectivity index (χ4n) is 2.41. The largest absolute Gasteiger partial charge is 0.494 e. The number of aromatic nitrogens is 2. The first-order chi connectivity index (χ1) is 11.6. The molecule has 0 saturated heterocycles. The van der Waals surface area contributed by atoms with Gasteiger partial charge in [0.2, 0.25) is 5.91 Å². The molecule has 1 amide bonds. The number of carbonyl (C=O) groups is 1. The predicted molar refractivity (Wildman–Crippen MR) is 88.3 cm³/mol. The highest BCUT2D eigenvalue weighted by Gasteiger charge is 2.07. The molecule has 0 fully saturated rings. The molecule has 0 unspecified atom stereocenters. The molecule has 3 rings (SSSR count). The third-order valence-corrected chi connectivity index (χ3v) is 3.53. The van der Waals surface area contributed by atoms with E-state index in [-0.39, 0.29) is 18.1 Å². The van der Waals surface area contributed by atoms with Gasteiger partial charge >= 0.3 is 0 Å². The van der Waals surface area contributed by atoms with Crippen molar-refractivity contribution < 1.29 is 13.9 Å². The smallest absolute Gasteiger partial charge is 0.224 e. The molecule has 0 spiro atoms. The van der Waals surface area contributed by atoms with E-state index in [1.165, 1.54) is 12.3 Å². The number of hydrogen-bond donors (Lipinski definition) is 1. The molecule has 124 valence electrons. The molecule has 0 saturated carbocycles. The first kappa shape index (κ1) is 16.0. The molecule has 1 N–H and O–H groups in total. The third-order valence-electron chi connectivity index (χ3n) is 3.53. The fraction of sp³-hybridized carbons (Fsp3) is 0.222. The Kier molecular flexibility index (Phi) is 4.74. The van der Waals surface area contributed by atoms with E-state index in [1.807, 2.05) is 31.2 Å². The van der Waals surface area contributed by atoms with Crippen molar-refractivity contribution in [3.05, 3.63) is 65.9 Å². The number of nitrogens with zero attached hydrogens (tertiary/aromatic N) is 2. The number of imidazole rings is 1. The molecular weight excluding hydrogens is 309 g/mol. The summed E-state index contributed by atoms with van der Waals surface area (Å²) in [7, 11) is 0. The highest BCUT2D eigenvalue weighted by molar-refractivity contribution is 5.78. The molecule has 3 aromatic rings. The lowest BCUT2D eigenvalue weighted by molar-refractivity contribution is -0.120. The van der Waals surface area contributed by atoms with E-state index in [2.05, 4.69) is 10.3 Å². The van der Waals surface area contributed by atoms with Gasteiger partial charge in [0.1, 0.15) is 17.2 Å². The summed E-state index contributed by atoms with van der Waals surface area (Å²) in [6.07, 6.45) is 3.34. The van der Waals surface area contributed by atoms with Gasteiger partial charge in [0.25, 0.3) is 0 Å². The minimum atomic E-state index is -0.328. The summed E-state index contributed by atoms with van der Waals surface area (Å²) in [6, 6.07) is 10.4. The minimum absolute atomic E-state index is 0.0950. The lowest BCUT2D eigenvalue weighted by atomic mass is 10.1. The molecular formula is C18H18FN3O2. The van der Waals surface area contributed by atoms with Crippen LogP contribution in [0.15, 0.2) is 48.8 Å². The summed E-state index contributed by atoms with van der Waals surface area (Å²) in [5.41, 5.74) is 2.24. The van der Waals surface area contributed by atoms with Crippen LogP contribution in [0.4, 0.5) is 4.39 Å². The van der Waals surface area contributed by atoms with Crippen LogP contribution in [0, 0.1) is 5.82 Å². The second kappa shape index (κ2) is 7.12. The maximum atomic E-state index is 13.2. The number of carbonyl (C=O) groups excluding carboxylic acids is 1. The first-order valence-electron chi connectivity index (χ1n) is 7.75. The molecule has 2 heterocycles. The summed E-state index contributed by atoms with van der Waals surface area (Å²) in [4.78, 5) is 16.4. The van der Waals surface area contributed by atoms with Crippen LogP contribution in [0.1, 0.15) is 18.2 Å². The molecule has 6 heteroatoms. The molecule has 0 bridgehead atoms. The van der Waals surface area contributed by atoms with E-state index in [0.717, 1.165) is 11.3 Å². The van der Waals surface area contributed by atoms with Crippen LogP contribution in [0.3, 0.4) is 0 Å². The Morgan fingerprint density at radius 1 is 1.21 bits per heavy atom. The molecule has 24 heavy (non-hydrogen) atoms. The van der Waals surface area contributed by atoms with Gasteiger partial charge in [0.05, 0.1) is 25.3 Å². The zero-order chi connectivity index (χ0) is 16.9. The van der Waals surface area contributed by atoms with E-state index >= 15 is 0 Å². The van der Waals surface area contributed by atoms with Crippen molar-refractivity contribution in [3.63, 3.8) is 0 Å². The van der Waals surface area contributed by atoms with Crippen molar-refractivity contribution in [1.82, 2.24) is 14.7 Å². The first-order valence-corrected chi connectivity index (χ1v) is 7.75. The molecule has 0 atom stereocenters. The van der Waals surface area contributed by atoms with Crippen molar-refractivity contribution in [2.45, 2.75) is 19.9 Å². The van der Waals surface area contributed by atoms with Gasteiger partial charge in [-0.05, 0) is 36.8 Å². The van der Waals surface area contributed by atoms with Gasteiger partial charge in [-0.2, -0.15) is 0 Å². The van der Waals surface area contributed by atoms with Crippen LogP contribution in [-0.2, 0) is 17.8 Å². The van der Waals surface area contributed by atoms with Crippen LogP contribution in [0.5, 0.6) is 5.75 Å². The van der Waals surface area contributed by atoms with Gasteiger partial charge in [-0.3, -0.25) is 4.79 Å². The number of rotatable bonds is 6. The average Bonchev–Trinajstić information content (AvgIpc) is 2.97. The molecule has 1 aromatic carbocycles. The number of fused-ring (bicyclic) bond motifs is 1. The van der Waals surface area contributed by atoms with Crippen LogP contribution in [0.25, 0.3) is 5.65 Å². The quantitative estimate of drug-likeness (QED) is 0.757. The second-order valence-corrected chi connectivity index (χ2v) is 5.38. The van der Waals surface area contributed by atoms with E-state index < -0.39 is 0 Å². The number of pyridine rings is 1. The van der Waals surface area contributed by atoms with Gasteiger partial charge in [-0.15, -0.1) is 0 Å². The Balaban J connectivity index is 1.56. The number of amides is 1. The molecule has 5 nitrogen and oxygen atoms in total. The van der Waals surface area contributed by atoms with Crippen LogP contribution in [-0.4, -0.2) is 21.9 Å². The molecule has 0 aliphatic heterocycles. The Labute approximate surface area is 139 Å². The Bertz CT molecular complexity index is 843. The van der Waals surface area contributed by atoms with E-state index in [0.29, 0.717) is 24.5 Å². The topological polar surface area (TPSA) is 55.6 Å². The SMILES string of the molecule is CCOc1ccc(CC(=O)NCc2cn3cc(F)ccc3n2)cc1. The lowest BCUT2D eigenvalue weighted by Crippen LogP contribution is -2.24. The fourth-order valence-corrected chi connectivity index (χ4v) is 2.41. The summed E-state index contributed by atoms with van der Waals surface area (Å²) >= 11 is 0. The van der Waals surface area contributed by atoms with Gasteiger partial charge < -0.3 is 14.5 Å². The van der Waals surface area contributed by atoms with Crippen LogP contribution < -0.4 is 10.1 Å². The summed E-state index contributed by atoms with van der Waals surface area (Å²) in [5.74, 6) is 0.368. The number of benzene rings is 1. The zero-order valence-electron chi connectivity index (χ0n) is 13.3. The van der Waals surface area contributed by atoms with Crippen molar-refractivity contribution in [2.75, 3.05) is 6.61 Å². The number of hydrogen-bond acceptors (Lipinski definition) is 3. The molecule has 0 aliphatic carbocycles. The highest BCUT2D eigenvalue weighted by atomic mass is 19.1. The maximum Gasteiger partial charge on any atom is 0.224 e. The third kappa shape index (κ3) is 3.90. The summed E-state index contributed by atoms with van der Waals surface area (Å²) in [5, 5.41) is 2.82. The molecule has 0 aliphatic rings. The average molecular weight is 327 g/mol.